The van der Waals surface area contributed by atoms with Gasteiger partial charge in [-0.1, -0.05) is 12.1 Å². The predicted molar refractivity (Wildman–Crippen MR) is 87.9 cm³/mol. The normalized spacial score (nSPS) is 9.78. The number of amides is 1. The van der Waals surface area contributed by atoms with E-state index in [0.29, 0.717) is 35.8 Å². The van der Waals surface area contributed by atoms with Gasteiger partial charge in [0.1, 0.15) is 0 Å². The van der Waals surface area contributed by atoms with Crippen LogP contribution in [0.2, 0.25) is 0 Å². The number of carbonyl (C=O) groups excluding carboxylic acids is 1. The number of hydrogen-bond acceptors (Lipinski definition) is 4. The summed E-state index contributed by atoms with van der Waals surface area (Å²) in [6.45, 7) is 2.41. The highest BCUT2D eigenvalue weighted by molar-refractivity contribution is 6.04. The molecule has 0 aromatic heterocycles. The zero-order valence-electron chi connectivity index (χ0n) is 13.1. The summed E-state index contributed by atoms with van der Waals surface area (Å²) in [5.74, 6) is 0.885. The fourth-order valence-electron chi connectivity index (χ4n) is 2.08. The molecule has 0 saturated heterocycles. The van der Waals surface area contributed by atoms with Crippen LogP contribution in [0.4, 0.5) is 5.69 Å². The second kappa shape index (κ2) is 7.85. The summed E-state index contributed by atoms with van der Waals surface area (Å²) in [5.41, 5.74) is 2.06. The van der Waals surface area contributed by atoms with Gasteiger partial charge in [0.2, 0.25) is 0 Å². The number of rotatable bonds is 6. The van der Waals surface area contributed by atoms with Crippen molar-refractivity contribution in [3.63, 3.8) is 0 Å². The summed E-state index contributed by atoms with van der Waals surface area (Å²) in [6, 6.07) is 14.3. The minimum absolute atomic E-state index is 0.237. The van der Waals surface area contributed by atoms with E-state index in [1.54, 1.807) is 30.3 Å². The molecular formula is C18H18N2O3. The van der Waals surface area contributed by atoms with Crippen LogP contribution in [0, 0.1) is 11.3 Å². The highest BCUT2D eigenvalue weighted by Crippen LogP contribution is 2.28. The van der Waals surface area contributed by atoms with E-state index in [9.17, 15) is 4.79 Å². The van der Waals surface area contributed by atoms with Crippen LogP contribution in [-0.2, 0) is 6.42 Å². The van der Waals surface area contributed by atoms with E-state index >= 15 is 0 Å². The van der Waals surface area contributed by atoms with Crippen LogP contribution in [-0.4, -0.2) is 19.6 Å². The average Bonchev–Trinajstić information content (AvgIpc) is 2.57. The standard InChI is InChI=1S/C18H18N2O3/c1-3-23-16-9-6-14(12-17(16)22-2)18(21)20-15-7-4-13(5-8-15)10-11-19/h4-9,12H,3,10H2,1-2H3,(H,20,21). The monoisotopic (exact) mass is 310 g/mol. The van der Waals surface area contributed by atoms with E-state index in [2.05, 4.69) is 11.4 Å². The molecule has 23 heavy (non-hydrogen) atoms. The maximum atomic E-state index is 12.3. The maximum Gasteiger partial charge on any atom is 0.255 e. The van der Waals surface area contributed by atoms with E-state index in [1.807, 2.05) is 19.1 Å². The Morgan fingerprint density at radius 2 is 1.91 bits per heavy atom. The number of benzene rings is 2. The van der Waals surface area contributed by atoms with Crippen LogP contribution < -0.4 is 14.8 Å². The van der Waals surface area contributed by atoms with Crippen LogP contribution in [0.25, 0.3) is 0 Å². The molecular weight excluding hydrogens is 292 g/mol. The summed E-state index contributed by atoms with van der Waals surface area (Å²) >= 11 is 0. The van der Waals surface area contributed by atoms with Crippen molar-refractivity contribution < 1.29 is 14.3 Å². The lowest BCUT2D eigenvalue weighted by atomic mass is 10.1. The molecule has 0 aliphatic rings. The Kier molecular flexibility index (Phi) is 5.59. The number of methoxy groups -OCH3 is 1. The van der Waals surface area contributed by atoms with Gasteiger partial charge in [0.05, 0.1) is 26.2 Å². The fourth-order valence-corrected chi connectivity index (χ4v) is 2.08. The summed E-state index contributed by atoms with van der Waals surface area (Å²) < 4.78 is 10.7. The van der Waals surface area contributed by atoms with Crippen molar-refractivity contribution in [1.82, 2.24) is 0 Å². The maximum absolute atomic E-state index is 12.3. The molecule has 0 bridgehead atoms. The molecule has 5 nitrogen and oxygen atoms in total. The summed E-state index contributed by atoms with van der Waals surface area (Å²) in [6.07, 6.45) is 0.352. The molecule has 0 heterocycles. The minimum atomic E-state index is -0.237. The van der Waals surface area contributed by atoms with Gasteiger partial charge in [0.15, 0.2) is 11.5 Å². The Bertz CT molecular complexity index is 718. The topological polar surface area (TPSA) is 71.3 Å². The second-order valence-corrected chi connectivity index (χ2v) is 4.78. The van der Waals surface area contributed by atoms with E-state index in [0.717, 1.165) is 5.56 Å². The molecule has 0 aliphatic carbocycles. The van der Waals surface area contributed by atoms with E-state index in [4.69, 9.17) is 14.7 Å². The zero-order valence-corrected chi connectivity index (χ0v) is 13.1. The van der Waals surface area contributed by atoms with Crippen LogP contribution >= 0.6 is 0 Å². The van der Waals surface area contributed by atoms with Crippen molar-refractivity contribution >= 4 is 11.6 Å². The molecule has 0 fully saturated rings. The zero-order chi connectivity index (χ0) is 16.7. The molecule has 0 atom stereocenters. The average molecular weight is 310 g/mol. The first kappa shape index (κ1) is 16.4. The van der Waals surface area contributed by atoms with Crippen molar-refractivity contribution in [3.05, 3.63) is 53.6 Å². The number of nitrogens with zero attached hydrogens (tertiary/aromatic N) is 1. The van der Waals surface area contributed by atoms with Crippen molar-refractivity contribution in [2.45, 2.75) is 13.3 Å². The first-order valence-electron chi connectivity index (χ1n) is 7.26. The first-order valence-corrected chi connectivity index (χ1v) is 7.26. The fraction of sp³-hybridized carbons (Fsp3) is 0.222. The van der Waals surface area contributed by atoms with Crippen LogP contribution in [0.5, 0.6) is 11.5 Å². The van der Waals surface area contributed by atoms with E-state index in [1.165, 1.54) is 7.11 Å². The Morgan fingerprint density at radius 1 is 1.17 bits per heavy atom. The summed E-state index contributed by atoms with van der Waals surface area (Å²) in [5, 5.41) is 11.5. The Morgan fingerprint density at radius 3 is 2.52 bits per heavy atom. The lowest BCUT2D eigenvalue weighted by Gasteiger charge is -2.11. The summed E-state index contributed by atoms with van der Waals surface area (Å²) in [7, 11) is 1.54. The smallest absolute Gasteiger partial charge is 0.255 e. The van der Waals surface area contributed by atoms with Crippen molar-refractivity contribution in [1.29, 1.82) is 5.26 Å². The van der Waals surface area contributed by atoms with Gasteiger partial charge in [-0.05, 0) is 42.8 Å². The van der Waals surface area contributed by atoms with Crippen molar-refractivity contribution in [3.8, 4) is 17.6 Å². The molecule has 1 N–H and O–H groups in total. The van der Waals surface area contributed by atoms with Crippen LogP contribution in [0.15, 0.2) is 42.5 Å². The third-order valence-corrected chi connectivity index (χ3v) is 3.22. The van der Waals surface area contributed by atoms with Gasteiger partial charge in [0, 0.05) is 11.3 Å². The highest BCUT2D eigenvalue weighted by atomic mass is 16.5. The molecule has 5 heteroatoms. The predicted octanol–water partition coefficient (Wildman–Crippen LogP) is 3.41. The molecule has 0 spiro atoms. The lowest BCUT2D eigenvalue weighted by Crippen LogP contribution is -2.12. The van der Waals surface area contributed by atoms with Gasteiger partial charge < -0.3 is 14.8 Å². The van der Waals surface area contributed by atoms with Gasteiger partial charge in [-0.25, -0.2) is 0 Å². The molecule has 1 amide bonds. The van der Waals surface area contributed by atoms with Crippen LogP contribution in [0.3, 0.4) is 0 Å². The van der Waals surface area contributed by atoms with E-state index in [-0.39, 0.29) is 5.91 Å². The molecule has 2 rings (SSSR count). The van der Waals surface area contributed by atoms with Gasteiger partial charge >= 0.3 is 0 Å². The molecule has 0 unspecified atom stereocenters. The number of carbonyl (C=O) groups is 1. The van der Waals surface area contributed by atoms with Gasteiger partial charge in [-0.2, -0.15) is 5.26 Å². The molecule has 2 aromatic carbocycles. The van der Waals surface area contributed by atoms with Gasteiger partial charge in [-0.15, -0.1) is 0 Å². The SMILES string of the molecule is CCOc1ccc(C(=O)Nc2ccc(CC#N)cc2)cc1OC. The lowest BCUT2D eigenvalue weighted by molar-refractivity contribution is 0.102. The Labute approximate surface area is 135 Å². The first-order chi connectivity index (χ1) is 11.2. The van der Waals surface area contributed by atoms with Crippen LogP contribution in [0.1, 0.15) is 22.8 Å². The second-order valence-electron chi connectivity index (χ2n) is 4.78. The Balaban J connectivity index is 2.12. The molecule has 0 saturated carbocycles. The van der Waals surface area contributed by atoms with E-state index < -0.39 is 0 Å². The third kappa shape index (κ3) is 4.24. The largest absolute Gasteiger partial charge is 0.493 e. The molecule has 0 aliphatic heterocycles. The number of nitrogens with one attached hydrogen (secondary N) is 1. The van der Waals surface area contributed by atoms with Gasteiger partial charge in [0.25, 0.3) is 5.91 Å². The highest BCUT2D eigenvalue weighted by Gasteiger charge is 2.11. The molecule has 118 valence electrons. The van der Waals surface area contributed by atoms with Crippen molar-refractivity contribution in [2.75, 3.05) is 19.0 Å². The molecule has 2 aromatic rings. The molecule has 0 radical (unpaired) electrons. The Hall–Kier alpha value is -3.00. The number of ether oxygens (including phenoxy) is 2. The quantitative estimate of drug-likeness (QED) is 0.887. The minimum Gasteiger partial charge on any atom is -0.493 e. The summed E-state index contributed by atoms with van der Waals surface area (Å²) in [4.78, 5) is 12.3. The third-order valence-electron chi connectivity index (χ3n) is 3.22. The number of nitriles is 1. The van der Waals surface area contributed by atoms with Crippen molar-refractivity contribution in [2.24, 2.45) is 0 Å². The van der Waals surface area contributed by atoms with Gasteiger partial charge in [-0.3, -0.25) is 4.79 Å². The number of anilines is 1. The number of hydrogen-bond donors (Lipinski definition) is 1.